The van der Waals surface area contributed by atoms with Crippen LogP contribution in [0.25, 0.3) is 0 Å². The van der Waals surface area contributed by atoms with Crippen molar-refractivity contribution in [3.05, 3.63) is 47.0 Å². The van der Waals surface area contributed by atoms with Crippen molar-refractivity contribution in [1.82, 2.24) is 15.3 Å². The summed E-state index contributed by atoms with van der Waals surface area (Å²) in [5.41, 5.74) is 3.57. The van der Waals surface area contributed by atoms with Crippen LogP contribution >= 0.6 is 0 Å². The molecule has 1 atom stereocenters. The Balaban J connectivity index is 2.45. The third-order valence-electron chi connectivity index (χ3n) is 3.30. The lowest BCUT2D eigenvalue weighted by Gasteiger charge is -2.20. The lowest BCUT2D eigenvalue weighted by Crippen LogP contribution is -2.24. The monoisotopic (exact) mass is 259 g/mol. The molecule has 2 N–H and O–H groups in total. The molecule has 2 aromatic rings. The molecule has 0 fully saturated rings. The van der Waals surface area contributed by atoms with E-state index in [1.807, 2.05) is 6.20 Å². The summed E-state index contributed by atoms with van der Waals surface area (Å²) in [6, 6.07) is 4.34. The molecule has 1 heterocycles. The van der Waals surface area contributed by atoms with Gasteiger partial charge in [-0.15, -0.1) is 0 Å². The molecule has 0 bridgehead atoms. The molecule has 1 aromatic carbocycles. The number of imidazole rings is 1. The molecule has 4 nitrogen and oxygen atoms in total. The third kappa shape index (κ3) is 2.79. The van der Waals surface area contributed by atoms with Gasteiger partial charge in [0.2, 0.25) is 0 Å². The van der Waals surface area contributed by atoms with Gasteiger partial charge in [0.25, 0.3) is 0 Å². The maximum atomic E-state index is 5.37. The number of H-pyrrole nitrogens is 1. The van der Waals surface area contributed by atoms with Crippen LogP contribution in [0.4, 0.5) is 0 Å². The second-order valence-electron chi connectivity index (χ2n) is 4.64. The predicted molar refractivity (Wildman–Crippen MR) is 76.6 cm³/mol. The molecule has 102 valence electrons. The van der Waals surface area contributed by atoms with Gasteiger partial charge in [0.15, 0.2) is 0 Å². The molecule has 4 heteroatoms. The first kappa shape index (κ1) is 13.6. The fourth-order valence-electron chi connectivity index (χ4n) is 2.34. The van der Waals surface area contributed by atoms with Crippen LogP contribution in [0, 0.1) is 13.8 Å². The number of nitrogens with one attached hydrogen (secondary N) is 2. The quantitative estimate of drug-likeness (QED) is 0.868. The van der Waals surface area contributed by atoms with E-state index in [-0.39, 0.29) is 6.04 Å². The minimum Gasteiger partial charge on any atom is -0.496 e. The molecule has 0 saturated carbocycles. The normalized spacial score (nSPS) is 12.4. The predicted octanol–water partition coefficient (Wildman–Crippen LogP) is 2.73. The van der Waals surface area contributed by atoms with E-state index in [2.05, 4.69) is 48.2 Å². The number of nitrogens with zero attached hydrogens (tertiary/aromatic N) is 1. The van der Waals surface area contributed by atoms with E-state index < -0.39 is 0 Å². The Hall–Kier alpha value is -1.81. The minimum absolute atomic E-state index is 0.0876. The Morgan fingerprint density at radius 1 is 1.32 bits per heavy atom. The van der Waals surface area contributed by atoms with Gasteiger partial charge in [-0.3, -0.25) is 0 Å². The largest absolute Gasteiger partial charge is 0.496 e. The van der Waals surface area contributed by atoms with Crippen LogP contribution in [0.1, 0.15) is 35.5 Å². The Labute approximate surface area is 114 Å². The van der Waals surface area contributed by atoms with Crippen molar-refractivity contribution in [2.75, 3.05) is 13.7 Å². The summed E-state index contributed by atoms with van der Waals surface area (Å²) in [7, 11) is 1.70. The highest BCUT2D eigenvalue weighted by atomic mass is 16.5. The number of hydrogen-bond acceptors (Lipinski definition) is 3. The maximum Gasteiger partial charge on any atom is 0.127 e. The molecule has 0 aliphatic carbocycles. The van der Waals surface area contributed by atoms with Crippen LogP contribution in [0.3, 0.4) is 0 Å². The van der Waals surface area contributed by atoms with E-state index in [0.29, 0.717) is 0 Å². The molecule has 1 unspecified atom stereocenters. The van der Waals surface area contributed by atoms with E-state index in [1.165, 1.54) is 11.1 Å². The van der Waals surface area contributed by atoms with Crippen molar-refractivity contribution < 1.29 is 4.74 Å². The summed E-state index contributed by atoms with van der Waals surface area (Å²) in [6.07, 6.45) is 3.64. The molecule has 0 spiro atoms. The fourth-order valence-corrected chi connectivity index (χ4v) is 2.34. The highest BCUT2D eigenvalue weighted by Crippen LogP contribution is 2.28. The summed E-state index contributed by atoms with van der Waals surface area (Å²) in [5, 5.41) is 3.47. The average Bonchev–Trinajstić information content (AvgIpc) is 2.92. The molecule has 0 aliphatic heterocycles. The van der Waals surface area contributed by atoms with Gasteiger partial charge in [0.1, 0.15) is 11.6 Å². The number of rotatable bonds is 5. The zero-order valence-electron chi connectivity index (χ0n) is 11.9. The van der Waals surface area contributed by atoms with E-state index in [0.717, 1.165) is 23.7 Å². The van der Waals surface area contributed by atoms with Crippen LogP contribution in [-0.2, 0) is 0 Å². The SMILES string of the molecule is CCNC(c1ncc[nH]1)c1cc(C)c(OC)cc1C. The van der Waals surface area contributed by atoms with Gasteiger partial charge in [-0.25, -0.2) is 4.98 Å². The Morgan fingerprint density at radius 2 is 2.11 bits per heavy atom. The number of ether oxygens (including phenoxy) is 1. The summed E-state index contributed by atoms with van der Waals surface area (Å²) in [5.74, 6) is 1.87. The molecule has 1 aromatic heterocycles. The number of aromatic amines is 1. The van der Waals surface area contributed by atoms with Crippen molar-refractivity contribution in [2.45, 2.75) is 26.8 Å². The molecule has 19 heavy (non-hydrogen) atoms. The second-order valence-corrected chi connectivity index (χ2v) is 4.64. The van der Waals surface area contributed by atoms with Crippen molar-refractivity contribution >= 4 is 0 Å². The summed E-state index contributed by atoms with van der Waals surface area (Å²) >= 11 is 0. The van der Waals surface area contributed by atoms with Crippen molar-refractivity contribution in [3.63, 3.8) is 0 Å². The van der Waals surface area contributed by atoms with Gasteiger partial charge in [-0.2, -0.15) is 0 Å². The number of methoxy groups -OCH3 is 1. The zero-order chi connectivity index (χ0) is 13.8. The van der Waals surface area contributed by atoms with Crippen LogP contribution in [-0.4, -0.2) is 23.6 Å². The number of benzene rings is 1. The smallest absolute Gasteiger partial charge is 0.127 e. The Kier molecular flexibility index (Phi) is 4.22. The molecular weight excluding hydrogens is 238 g/mol. The molecule has 0 amide bonds. The second kappa shape index (κ2) is 5.89. The highest BCUT2D eigenvalue weighted by Gasteiger charge is 2.18. The minimum atomic E-state index is 0.0876. The zero-order valence-corrected chi connectivity index (χ0v) is 11.9. The van der Waals surface area contributed by atoms with E-state index >= 15 is 0 Å². The number of hydrogen-bond donors (Lipinski definition) is 2. The van der Waals surface area contributed by atoms with E-state index in [4.69, 9.17) is 4.74 Å². The molecule has 0 aliphatic rings. The fraction of sp³-hybridized carbons (Fsp3) is 0.400. The van der Waals surface area contributed by atoms with Crippen LogP contribution in [0.5, 0.6) is 5.75 Å². The molecular formula is C15H21N3O. The first-order valence-corrected chi connectivity index (χ1v) is 6.55. The van der Waals surface area contributed by atoms with Crippen LogP contribution in [0.15, 0.2) is 24.5 Å². The lowest BCUT2D eigenvalue weighted by atomic mass is 9.97. The Bertz CT molecular complexity index is 535. The number of aromatic nitrogens is 2. The van der Waals surface area contributed by atoms with Crippen LogP contribution in [0.2, 0.25) is 0 Å². The maximum absolute atomic E-state index is 5.37. The van der Waals surface area contributed by atoms with Gasteiger partial charge in [-0.1, -0.05) is 13.0 Å². The van der Waals surface area contributed by atoms with E-state index in [1.54, 1.807) is 13.3 Å². The van der Waals surface area contributed by atoms with Crippen molar-refractivity contribution in [2.24, 2.45) is 0 Å². The standard InChI is InChI=1S/C15H21N3O/c1-5-16-14(15-17-6-7-18-15)12-8-11(3)13(19-4)9-10(12)2/h6-9,14,16H,5H2,1-4H3,(H,17,18). The molecule has 0 radical (unpaired) electrons. The van der Waals surface area contributed by atoms with E-state index in [9.17, 15) is 0 Å². The number of aryl methyl sites for hydroxylation is 2. The lowest BCUT2D eigenvalue weighted by molar-refractivity contribution is 0.411. The summed E-state index contributed by atoms with van der Waals surface area (Å²) in [6.45, 7) is 7.15. The van der Waals surface area contributed by atoms with Gasteiger partial charge in [0.05, 0.1) is 13.2 Å². The molecule has 2 rings (SSSR count). The van der Waals surface area contributed by atoms with Crippen LogP contribution < -0.4 is 10.1 Å². The highest BCUT2D eigenvalue weighted by molar-refractivity contribution is 5.44. The first-order valence-electron chi connectivity index (χ1n) is 6.55. The van der Waals surface area contributed by atoms with Gasteiger partial charge >= 0.3 is 0 Å². The topological polar surface area (TPSA) is 49.9 Å². The third-order valence-corrected chi connectivity index (χ3v) is 3.30. The average molecular weight is 259 g/mol. The van der Waals surface area contributed by atoms with Crippen molar-refractivity contribution in [1.29, 1.82) is 0 Å². The van der Waals surface area contributed by atoms with Crippen molar-refractivity contribution in [3.8, 4) is 5.75 Å². The van der Waals surface area contributed by atoms with Gasteiger partial charge < -0.3 is 15.0 Å². The first-order chi connectivity index (χ1) is 9.17. The Morgan fingerprint density at radius 3 is 2.68 bits per heavy atom. The summed E-state index contributed by atoms with van der Waals surface area (Å²) in [4.78, 5) is 7.57. The van der Waals surface area contributed by atoms with Gasteiger partial charge in [0, 0.05) is 12.4 Å². The van der Waals surface area contributed by atoms with Gasteiger partial charge in [-0.05, 0) is 43.1 Å². The molecule has 0 saturated heterocycles. The summed E-state index contributed by atoms with van der Waals surface area (Å²) < 4.78 is 5.37.